The van der Waals surface area contributed by atoms with Crippen molar-refractivity contribution >= 4 is 29.1 Å². The van der Waals surface area contributed by atoms with Gasteiger partial charge in [-0.3, -0.25) is 9.63 Å². The normalized spacial score (nSPS) is 10.2. The molecular formula is C17H17ClN2O3. The second kappa shape index (κ2) is 7.76. The number of anilines is 1. The van der Waals surface area contributed by atoms with Crippen molar-refractivity contribution < 1.29 is 14.4 Å². The van der Waals surface area contributed by atoms with Crippen LogP contribution in [0.4, 0.5) is 10.5 Å². The predicted octanol–water partition coefficient (Wildman–Crippen LogP) is 3.79. The number of halogens is 1. The van der Waals surface area contributed by atoms with Crippen LogP contribution in [0.25, 0.3) is 0 Å². The Morgan fingerprint density at radius 1 is 1.17 bits per heavy atom. The molecule has 0 saturated carbocycles. The molecule has 6 heteroatoms. The number of hydrogen-bond donors (Lipinski definition) is 1. The minimum absolute atomic E-state index is 0.0147. The molecule has 0 bridgehead atoms. The fourth-order valence-corrected chi connectivity index (χ4v) is 2.09. The summed E-state index contributed by atoms with van der Waals surface area (Å²) in [5.41, 5.74) is 2.01. The zero-order valence-electron chi connectivity index (χ0n) is 12.9. The minimum atomic E-state index is -0.395. The van der Waals surface area contributed by atoms with Gasteiger partial charge >= 0.3 is 6.03 Å². The lowest BCUT2D eigenvalue weighted by atomic mass is 10.0. The van der Waals surface area contributed by atoms with Gasteiger partial charge < -0.3 is 5.32 Å². The Bertz CT molecular complexity index is 701. The van der Waals surface area contributed by atoms with Crippen LogP contribution in [0.3, 0.4) is 0 Å². The number of carbonyl (C=O) groups is 2. The number of Topliss-reactive ketones (excluding diaryl/α,β-unsaturated/α-hetero) is 1. The standard InChI is InChI=1S/C17H17ClN2O3/c1-20(23-2)17(22)19-15-5-3-4-12(10-15)11-16(21)13-6-8-14(18)9-7-13/h3-10H,11H2,1-2H3,(H,19,22). The van der Waals surface area contributed by atoms with Crippen LogP contribution in [0.5, 0.6) is 0 Å². The average molecular weight is 333 g/mol. The van der Waals surface area contributed by atoms with Crippen molar-refractivity contribution in [3.05, 3.63) is 64.7 Å². The molecule has 2 aromatic rings. The lowest BCUT2D eigenvalue weighted by molar-refractivity contribution is -0.0598. The van der Waals surface area contributed by atoms with Gasteiger partial charge in [-0.15, -0.1) is 0 Å². The molecule has 0 aliphatic rings. The molecule has 2 amide bonds. The van der Waals surface area contributed by atoms with E-state index in [-0.39, 0.29) is 12.2 Å². The summed E-state index contributed by atoms with van der Waals surface area (Å²) in [4.78, 5) is 28.8. The van der Waals surface area contributed by atoms with Gasteiger partial charge in [-0.2, -0.15) is 0 Å². The van der Waals surface area contributed by atoms with Crippen LogP contribution in [0.15, 0.2) is 48.5 Å². The molecule has 0 aliphatic carbocycles. The first kappa shape index (κ1) is 17.0. The Kier molecular flexibility index (Phi) is 5.73. The summed E-state index contributed by atoms with van der Waals surface area (Å²) in [6, 6.07) is 13.5. The lowest BCUT2D eigenvalue weighted by Gasteiger charge is -2.15. The summed E-state index contributed by atoms with van der Waals surface area (Å²) in [5.74, 6) is -0.0147. The van der Waals surface area contributed by atoms with Gasteiger partial charge in [0.2, 0.25) is 0 Å². The number of ketones is 1. The van der Waals surface area contributed by atoms with Crippen molar-refractivity contribution in [2.75, 3.05) is 19.5 Å². The number of carbonyl (C=O) groups excluding carboxylic acids is 2. The summed E-state index contributed by atoms with van der Waals surface area (Å²) in [5, 5.41) is 4.35. The van der Waals surface area contributed by atoms with Gasteiger partial charge in [-0.05, 0) is 42.0 Å². The van der Waals surface area contributed by atoms with Crippen LogP contribution in [-0.4, -0.2) is 31.0 Å². The van der Waals surface area contributed by atoms with Gasteiger partial charge in [0.25, 0.3) is 0 Å². The maximum atomic E-state index is 12.3. The molecule has 5 nitrogen and oxygen atoms in total. The van der Waals surface area contributed by atoms with E-state index in [1.807, 2.05) is 6.07 Å². The molecular weight excluding hydrogens is 316 g/mol. The Morgan fingerprint density at radius 2 is 1.87 bits per heavy atom. The molecule has 2 aromatic carbocycles. The third kappa shape index (κ3) is 4.81. The number of nitrogens with one attached hydrogen (secondary N) is 1. The van der Waals surface area contributed by atoms with E-state index >= 15 is 0 Å². The molecule has 0 heterocycles. The SMILES string of the molecule is CON(C)C(=O)Nc1cccc(CC(=O)c2ccc(Cl)cc2)c1. The van der Waals surface area contributed by atoms with Crippen LogP contribution in [-0.2, 0) is 11.3 Å². The lowest BCUT2D eigenvalue weighted by Crippen LogP contribution is -2.30. The van der Waals surface area contributed by atoms with Crippen LogP contribution in [0, 0.1) is 0 Å². The highest BCUT2D eigenvalue weighted by atomic mass is 35.5. The highest BCUT2D eigenvalue weighted by Crippen LogP contribution is 2.15. The first-order chi connectivity index (χ1) is 11.0. The van der Waals surface area contributed by atoms with Crippen LogP contribution in [0.1, 0.15) is 15.9 Å². The summed E-state index contributed by atoms with van der Waals surface area (Å²) >= 11 is 5.82. The Morgan fingerprint density at radius 3 is 2.52 bits per heavy atom. The molecule has 0 aliphatic heterocycles. The smallest absolute Gasteiger partial charge is 0.306 e. The second-order valence-corrected chi connectivity index (χ2v) is 5.35. The Hall–Kier alpha value is -2.37. The molecule has 120 valence electrons. The van der Waals surface area contributed by atoms with Gasteiger partial charge in [-0.1, -0.05) is 23.7 Å². The number of hydrogen-bond acceptors (Lipinski definition) is 3. The van der Waals surface area contributed by atoms with Gasteiger partial charge in [0.1, 0.15) is 0 Å². The molecule has 1 N–H and O–H groups in total. The van der Waals surface area contributed by atoms with E-state index in [4.69, 9.17) is 16.4 Å². The molecule has 0 radical (unpaired) electrons. The van der Waals surface area contributed by atoms with E-state index in [9.17, 15) is 9.59 Å². The fourth-order valence-electron chi connectivity index (χ4n) is 1.97. The molecule has 0 atom stereocenters. The maximum absolute atomic E-state index is 12.3. The van der Waals surface area contributed by atoms with E-state index in [1.54, 1.807) is 42.5 Å². The first-order valence-corrected chi connectivity index (χ1v) is 7.34. The number of nitrogens with zero attached hydrogens (tertiary/aromatic N) is 1. The van der Waals surface area contributed by atoms with E-state index in [2.05, 4.69) is 5.32 Å². The van der Waals surface area contributed by atoms with Gasteiger partial charge in [0.15, 0.2) is 5.78 Å². The van der Waals surface area contributed by atoms with Crippen LogP contribution >= 0.6 is 11.6 Å². The van der Waals surface area contributed by atoms with E-state index in [1.165, 1.54) is 14.2 Å². The van der Waals surface area contributed by atoms with Crippen molar-refractivity contribution in [1.29, 1.82) is 0 Å². The highest BCUT2D eigenvalue weighted by molar-refractivity contribution is 6.30. The minimum Gasteiger partial charge on any atom is -0.306 e. The third-order valence-corrected chi connectivity index (χ3v) is 3.52. The Labute approximate surface area is 139 Å². The number of rotatable bonds is 5. The molecule has 0 saturated heterocycles. The summed E-state index contributed by atoms with van der Waals surface area (Å²) < 4.78 is 0. The van der Waals surface area contributed by atoms with Crippen molar-refractivity contribution in [2.45, 2.75) is 6.42 Å². The number of urea groups is 1. The molecule has 23 heavy (non-hydrogen) atoms. The van der Waals surface area contributed by atoms with Crippen molar-refractivity contribution in [3.63, 3.8) is 0 Å². The van der Waals surface area contributed by atoms with Crippen molar-refractivity contribution in [3.8, 4) is 0 Å². The average Bonchev–Trinajstić information content (AvgIpc) is 2.54. The number of amides is 2. The van der Waals surface area contributed by atoms with E-state index in [0.717, 1.165) is 10.6 Å². The molecule has 0 aromatic heterocycles. The molecule has 0 fully saturated rings. The summed E-state index contributed by atoms with van der Waals surface area (Å²) in [6.45, 7) is 0. The quantitative estimate of drug-likeness (QED) is 0.669. The van der Waals surface area contributed by atoms with Gasteiger partial charge in [-0.25, -0.2) is 9.86 Å². The third-order valence-electron chi connectivity index (χ3n) is 3.27. The van der Waals surface area contributed by atoms with E-state index < -0.39 is 6.03 Å². The number of benzene rings is 2. The monoisotopic (exact) mass is 332 g/mol. The molecule has 0 spiro atoms. The predicted molar refractivity (Wildman–Crippen MR) is 89.7 cm³/mol. The maximum Gasteiger partial charge on any atom is 0.345 e. The summed E-state index contributed by atoms with van der Waals surface area (Å²) in [7, 11) is 2.91. The number of hydroxylamine groups is 2. The van der Waals surface area contributed by atoms with Crippen molar-refractivity contribution in [1.82, 2.24) is 5.06 Å². The van der Waals surface area contributed by atoms with Crippen molar-refractivity contribution in [2.24, 2.45) is 0 Å². The Balaban J connectivity index is 2.06. The largest absolute Gasteiger partial charge is 0.345 e. The van der Waals surface area contributed by atoms with Crippen LogP contribution < -0.4 is 5.32 Å². The zero-order valence-corrected chi connectivity index (χ0v) is 13.6. The molecule has 2 rings (SSSR count). The molecule has 0 unspecified atom stereocenters. The summed E-state index contributed by atoms with van der Waals surface area (Å²) in [6.07, 6.45) is 0.242. The fraction of sp³-hybridized carbons (Fsp3) is 0.176. The highest BCUT2D eigenvalue weighted by Gasteiger charge is 2.10. The first-order valence-electron chi connectivity index (χ1n) is 6.96. The zero-order chi connectivity index (χ0) is 16.8. The van der Waals surface area contributed by atoms with Gasteiger partial charge in [0, 0.05) is 29.7 Å². The second-order valence-electron chi connectivity index (χ2n) is 4.92. The van der Waals surface area contributed by atoms with Gasteiger partial charge in [0.05, 0.1) is 7.11 Å². The van der Waals surface area contributed by atoms with E-state index in [0.29, 0.717) is 16.3 Å². The topological polar surface area (TPSA) is 58.6 Å². The van der Waals surface area contributed by atoms with Crippen LogP contribution in [0.2, 0.25) is 5.02 Å².